The van der Waals surface area contributed by atoms with Gasteiger partial charge in [0, 0.05) is 31.6 Å². The van der Waals surface area contributed by atoms with Crippen molar-refractivity contribution in [2.75, 3.05) is 19.6 Å². The molecule has 0 bridgehead atoms. The molecule has 1 fully saturated rings. The molecule has 0 aliphatic carbocycles. The first-order valence-electron chi connectivity index (χ1n) is 8.23. The lowest BCUT2D eigenvalue weighted by Crippen LogP contribution is -2.33. The number of aliphatic carboxylic acids is 1. The highest BCUT2D eigenvalue weighted by atomic mass is 32.2. The molecule has 1 amide bonds. The summed E-state index contributed by atoms with van der Waals surface area (Å²) in [6, 6.07) is 5.66. The zero-order chi connectivity index (χ0) is 19.5. The maximum atomic E-state index is 12.3. The second-order valence-electron chi connectivity index (χ2n) is 6.45. The van der Waals surface area contributed by atoms with E-state index in [2.05, 4.69) is 4.72 Å². The Balaban J connectivity index is 1.92. The first-order chi connectivity index (χ1) is 12.1. The second kappa shape index (κ2) is 7.96. The Morgan fingerprint density at radius 3 is 2.54 bits per heavy atom. The van der Waals surface area contributed by atoms with E-state index in [9.17, 15) is 22.8 Å². The fourth-order valence-corrected chi connectivity index (χ4v) is 3.99. The molecule has 1 aliphatic heterocycles. The van der Waals surface area contributed by atoms with Crippen LogP contribution in [0.4, 0.5) is 0 Å². The third-order valence-electron chi connectivity index (χ3n) is 4.46. The second-order valence-corrected chi connectivity index (χ2v) is 8.22. The molecule has 1 aromatic rings. The van der Waals surface area contributed by atoms with Crippen molar-refractivity contribution in [1.82, 2.24) is 9.62 Å². The van der Waals surface area contributed by atoms with Gasteiger partial charge in [-0.05, 0) is 25.0 Å². The average molecular weight is 382 g/mol. The number of carboxylic acid groups (broad SMARTS) is 1. The summed E-state index contributed by atoms with van der Waals surface area (Å²) in [5.74, 6) is -2.19. The minimum Gasteiger partial charge on any atom is -0.481 e. The molecule has 0 saturated carbocycles. The van der Waals surface area contributed by atoms with Gasteiger partial charge in [-0.2, -0.15) is 0 Å². The van der Waals surface area contributed by atoms with Crippen molar-refractivity contribution in [3.63, 3.8) is 0 Å². The Labute approximate surface area is 152 Å². The number of rotatable bonds is 7. The number of nitrogens with zero attached hydrogens (tertiary/aromatic N) is 1. The number of carbonyl (C=O) groups excluding carboxylic acids is 2. The summed E-state index contributed by atoms with van der Waals surface area (Å²) >= 11 is 0. The Bertz CT molecular complexity index is 820. The van der Waals surface area contributed by atoms with Crippen molar-refractivity contribution in [2.45, 2.75) is 25.2 Å². The number of Topliss-reactive ketones (excluding diaryl/α,β-unsaturated/α-hetero) is 1. The summed E-state index contributed by atoms with van der Waals surface area (Å²) < 4.78 is 26.9. The molecule has 1 aliphatic rings. The van der Waals surface area contributed by atoms with Crippen LogP contribution in [-0.2, 0) is 19.6 Å². The van der Waals surface area contributed by atoms with Gasteiger partial charge in [-0.1, -0.05) is 19.1 Å². The number of nitrogens with one attached hydrogen (secondary N) is 1. The molecule has 8 nitrogen and oxygen atoms in total. The number of carboxylic acids is 1. The summed E-state index contributed by atoms with van der Waals surface area (Å²) in [6.07, 6.45) is -0.0648. The highest BCUT2D eigenvalue weighted by molar-refractivity contribution is 7.89. The lowest BCUT2D eigenvalue weighted by molar-refractivity contribution is -0.142. The first kappa shape index (κ1) is 20.1. The SMILES string of the molecule is CC(=O)c1cccc(S(=O)(=O)NCCC(=O)N2C[C@@H](C)[C@H](C(=O)O)C2)c1. The molecule has 1 saturated heterocycles. The predicted octanol–water partition coefficient (Wildman–Crippen LogP) is 0.737. The van der Waals surface area contributed by atoms with Crippen molar-refractivity contribution < 1.29 is 27.9 Å². The van der Waals surface area contributed by atoms with Crippen molar-refractivity contribution in [2.24, 2.45) is 11.8 Å². The lowest BCUT2D eigenvalue weighted by atomic mass is 9.99. The highest BCUT2D eigenvalue weighted by Gasteiger charge is 2.36. The molecular formula is C17H22N2O6S. The number of ketones is 1. The number of sulfonamides is 1. The summed E-state index contributed by atoms with van der Waals surface area (Å²) in [4.78, 5) is 36.1. The van der Waals surface area contributed by atoms with Crippen LogP contribution in [0.2, 0.25) is 0 Å². The van der Waals surface area contributed by atoms with Crippen molar-refractivity contribution in [3.8, 4) is 0 Å². The predicted molar refractivity (Wildman–Crippen MR) is 93.1 cm³/mol. The van der Waals surface area contributed by atoms with Crippen LogP contribution in [-0.4, -0.2) is 55.7 Å². The van der Waals surface area contributed by atoms with Crippen LogP contribution in [0.1, 0.15) is 30.6 Å². The van der Waals surface area contributed by atoms with Crippen LogP contribution in [0.15, 0.2) is 29.2 Å². The van der Waals surface area contributed by atoms with Crippen molar-refractivity contribution >= 4 is 27.7 Å². The van der Waals surface area contributed by atoms with E-state index in [1.54, 1.807) is 6.92 Å². The fraction of sp³-hybridized carbons (Fsp3) is 0.471. The number of hydrogen-bond acceptors (Lipinski definition) is 5. The molecule has 1 aromatic carbocycles. The summed E-state index contributed by atoms with van der Waals surface area (Å²) in [5, 5.41) is 9.10. The van der Waals surface area contributed by atoms with E-state index in [1.165, 1.54) is 36.1 Å². The Morgan fingerprint density at radius 2 is 1.96 bits per heavy atom. The maximum absolute atomic E-state index is 12.3. The quantitative estimate of drug-likeness (QED) is 0.671. The lowest BCUT2D eigenvalue weighted by Gasteiger charge is -2.16. The van der Waals surface area contributed by atoms with E-state index < -0.39 is 21.9 Å². The Kier molecular flexibility index (Phi) is 6.14. The van der Waals surface area contributed by atoms with Crippen LogP contribution in [0.25, 0.3) is 0 Å². The molecule has 0 unspecified atom stereocenters. The molecule has 2 rings (SSSR count). The molecular weight excluding hydrogens is 360 g/mol. The van der Waals surface area contributed by atoms with Crippen LogP contribution in [0, 0.1) is 11.8 Å². The van der Waals surface area contributed by atoms with Gasteiger partial charge in [-0.15, -0.1) is 0 Å². The Hall–Kier alpha value is -2.26. The standard InChI is InChI=1S/C17H22N2O6S/c1-11-9-19(10-15(11)17(22)23)16(21)6-7-18-26(24,25)14-5-3-4-13(8-14)12(2)20/h3-5,8,11,15,18H,6-7,9-10H2,1-2H3,(H,22,23)/t11-,15-/m1/s1. The molecule has 1 heterocycles. The molecule has 26 heavy (non-hydrogen) atoms. The smallest absolute Gasteiger partial charge is 0.308 e. The van der Waals surface area contributed by atoms with Gasteiger partial charge in [0.25, 0.3) is 0 Å². The van der Waals surface area contributed by atoms with E-state index in [0.29, 0.717) is 6.54 Å². The molecule has 9 heteroatoms. The van der Waals surface area contributed by atoms with Gasteiger partial charge in [0.15, 0.2) is 5.78 Å². The van der Waals surface area contributed by atoms with E-state index >= 15 is 0 Å². The normalized spacial score (nSPS) is 20.2. The van der Waals surface area contributed by atoms with Crippen LogP contribution in [0.3, 0.4) is 0 Å². The van der Waals surface area contributed by atoms with Crippen molar-refractivity contribution in [3.05, 3.63) is 29.8 Å². The number of carbonyl (C=O) groups is 3. The third-order valence-corrected chi connectivity index (χ3v) is 5.92. The van der Waals surface area contributed by atoms with Crippen LogP contribution in [0.5, 0.6) is 0 Å². The van der Waals surface area contributed by atoms with Crippen LogP contribution < -0.4 is 4.72 Å². The molecule has 2 atom stereocenters. The minimum atomic E-state index is -3.84. The number of amides is 1. The zero-order valence-electron chi connectivity index (χ0n) is 14.6. The maximum Gasteiger partial charge on any atom is 0.308 e. The van der Waals surface area contributed by atoms with Gasteiger partial charge in [-0.25, -0.2) is 13.1 Å². The average Bonchev–Trinajstić information content (AvgIpc) is 2.97. The first-order valence-corrected chi connectivity index (χ1v) is 9.71. The molecule has 0 radical (unpaired) electrons. The number of benzene rings is 1. The van der Waals surface area contributed by atoms with Crippen LogP contribution >= 0.6 is 0 Å². The van der Waals surface area contributed by atoms with E-state index in [-0.39, 0.29) is 47.6 Å². The molecule has 0 aromatic heterocycles. The summed E-state index contributed by atoms with van der Waals surface area (Å²) in [7, 11) is -3.84. The van der Waals surface area contributed by atoms with E-state index in [4.69, 9.17) is 5.11 Å². The molecule has 0 spiro atoms. The largest absolute Gasteiger partial charge is 0.481 e. The Morgan fingerprint density at radius 1 is 1.27 bits per heavy atom. The third kappa shape index (κ3) is 4.67. The monoisotopic (exact) mass is 382 g/mol. The minimum absolute atomic E-state index is 0.0432. The van der Waals surface area contributed by atoms with Gasteiger partial charge in [0.05, 0.1) is 10.8 Å². The molecule has 2 N–H and O–H groups in total. The van der Waals surface area contributed by atoms with Gasteiger partial charge in [0.1, 0.15) is 0 Å². The zero-order valence-corrected chi connectivity index (χ0v) is 15.5. The fourth-order valence-electron chi connectivity index (χ4n) is 2.91. The van der Waals surface area contributed by atoms with Crippen molar-refractivity contribution in [1.29, 1.82) is 0 Å². The highest BCUT2D eigenvalue weighted by Crippen LogP contribution is 2.23. The summed E-state index contributed by atoms with van der Waals surface area (Å²) in [5.41, 5.74) is 0.287. The van der Waals surface area contributed by atoms with Gasteiger partial charge in [-0.3, -0.25) is 14.4 Å². The number of likely N-dealkylation sites (tertiary alicyclic amines) is 1. The molecule has 142 valence electrons. The topological polar surface area (TPSA) is 121 Å². The van der Waals surface area contributed by atoms with E-state index in [1.807, 2.05) is 0 Å². The van der Waals surface area contributed by atoms with Gasteiger partial charge in [0.2, 0.25) is 15.9 Å². The number of hydrogen-bond donors (Lipinski definition) is 2. The van der Waals surface area contributed by atoms with Gasteiger partial charge < -0.3 is 10.0 Å². The van der Waals surface area contributed by atoms with Gasteiger partial charge >= 0.3 is 5.97 Å². The summed E-state index contributed by atoms with van der Waals surface area (Å²) in [6.45, 7) is 3.51. The van der Waals surface area contributed by atoms with E-state index in [0.717, 1.165) is 0 Å².